The number of carbonyl (C=O) groups is 1. The molecular formula is C16H21N3O5. The molecule has 1 rings (SSSR count). The van der Waals surface area contributed by atoms with E-state index < -0.39 is 11.9 Å². The number of ether oxygens (including phenoxy) is 3. The molecule has 0 aliphatic rings. The molecule has 0 saturated carbocycles. The normalized spacial score (nSPS) is 12.7. The number of benzene rings is 1. The van der Waals surface area contributed by atoms with Crippen molar-refractivity contribution >= 4 is 18.0 Å². The predicted molar refractivity (Wildman–Crippen MR) is 90.1 cm³/mol. The van der Waals surface area contributed by atoms with Crippen LogP contribution in [0.15, 0.2) is 46.0 Å². The zero-order valence-electron chi connectivity index (χ0n) is 13.9. The highest BCUT2D eigenvalue weighted by Gasteiger charge is 2.22. The summed E-state index contributed by atoms with van der Waals surface area (Å²) in [6.07, 6.45) is 1.44. The van der Waals surface area contributed by atoms with E-state index in [1.54, 1.807) is 45.2 Å². The maximum atomic E-state index is 11.9. The van der Waals surface area contributed by atoms with E-state index in [1.807, 2.05) is 0 Å². The van der Waals surface area contributed by atoms with Crippen LogP contribution in [0.2, 0.25) is 0 Å². The Bertz CT molecular complexity index is 636. The summed E-state index contributed by atoms with van der Waals surface area (Å²) >= 11 is 0. The zero-order chi connectivity index (χ0) is 17.9. The van der Waals surface area contributed by atoms with Crippen molar-refractivity contribution in [2.45, 2.75) is 13.8 Å². The summed E-state index contributed by atoms with van der Waals surface area (Å²) in [5.41, 5.74) is 6.09. The number of aliphatic hydroxyl groups is 1. The van der Waals surface area contributed by atoms with E-state index >= 15 is 0 Å². The minimum atomic E-state index is -0.843. The lowest BCUT2D eigenvalue weighted by atomic mass is 10.2. The summed E-state index contributed by atoms with van der Waals surface area (Å²) < 4.78 is 14.8. The molecule has 0 aliphatic heterocycles. The number of hydrogen-bond donors (Lipinski definition) is 2. The average Bonchev–Trinajstić information content (AvgIpc) is 2.56. The highest BCUT2D eigenvalue weighted by Crippen LogP contribution is 2.10. The molecule has 0 atom stereocenters. The Labute approximate surface area is 140 Å². The van der Waals surface area contributed by atoms with Gasteiger partial charge < -0.3 is 25.1 Å². The van der Waals surface area contributed by atoms with Gasteiger partial charge in [-0.15, -0.1) is 5.10 Å². The van der Waals surface area contributed by atoms with Crippen molar-refractivity contribution in [3.05, 3.63) is 41.3 Å². The van der Waals surface area contributed by atoms with Crippen LogP contribution in [0.4, 0.5) is 0 Å². The molecule has 0 bridgehead atoms. The molecule has 8 heteroatoms. The third-order valence-corrected chi connectivity index (χ3v) is 2.72. The lowest BCUT2D eigenvalue weighted by Gasteiger charge is -2.08. The molecule has 3 N–H and O–H groups in total. The van der Waals surface area contributed by atoms with Gasteiger partial charge in [0.15, 0.2) is 11.4 Å². The first kappa shape index (κ1) is 19.0. The van der Waals surface area contributed by atoms with Crippen LogP contribution in [0.5, 0.6) is 5.75 Å². The van der Waals surface area contributed by atoms with Gasteiger partial charge in [-0.1, -0.05) is 0 Å². The Morgan fingerprint density at radius 2 is 1.83 bits per heavy atom. The van der Waals surface area contributed by atoms with E-state index in [4.69, 9.17) is 19.9 Å². The lowest BCUT2D eigenvalue weighted by Crippen LogP contribution is -2.25. The zero-order valence-corrected chi connectivity index (χ0v) is 13.9. The first-order chi connectivity index (χ1) is 11.5. The van der Waals surface area contributed by atoms with Gasteiger partial charge in [-0.2, -0.15) is 5.10 Å². The van der Waals surface area contributed by atoms with Gasteiger partial charge in [0, 0.05) is 0 Å². The standard InChI is InChI=1S/C16H21N3O5/c1-4-23-15(20)13(16(21)24-5-2)14(17)19-18-10-11-6-8-12(22-3)9-7-11/h6-10,20H,4-5H2,1-3H3,(H2,17,19)/b15-13-,18-10+. The van der Waals surface area contributed by atoms with Crippen molar-refractivity contribution in [2.75, 3.05) is 20.3 Å². The Balaban J connectivity index is 2.97. The molecule has 130 valence electrons. The topological polar surface area (TPSA) is 116 Å². The highest BCUT2D eigenvalue weighted by molar-refractivity contribution is 6.18. The molecule has 0 spiro atoms. The van der Waals surface area contributed by atoms with Crippen LogP contribution in [0, 0.1) is 0 Å². The van der Waals surface area contributed by atoms with E-state index in [0.717, 1.165) is 5.56 Å². The molecule has 0 aromatic heterocycles. The maximum absolute atomic E-state index is 11.9. The molecule has 1 aromatic carbocycles. The van der Waals surface area contributed by atoms with Gasteiger partial charge in [0.2, 0.25) is 0 Å². The van der Waals surface area contributed by atoms with Gasteiger partial charge >= 0.3 is 5.97 Å². The number of hydrogen-bond acceptors (Lipinski definition) is 7. The Morgan fingerprint density at radius 3 is 2.38 bits per heavy atom. The quantitative estimate of drug-likeness (QED) is 0.187. The van der Waals surface area contributed by atoms with Gasteiger partial charge in [0.05, 0.1) is 26.5 Å². The largest absolute Gasteiger partial charge is 0.497 e. The summed E-state index contributed by atoms with van der Waals surface area (Å²) in [6.45, 7) is 3.54. The average molecular weight is 335 g/mol. The molecule has 0 aliphatic carbocycles. The lowest BCUT2D eigenvalue weighted by molar-refractivity contribution is -0.138. The van der Waals surface area contributed by atoms with Crippen LogP contribution in [-0.2, 0) is 14.3 Å². The molecule has 0 radical (unpaired) electrons. The Kier molecular flexibility index (Phi) is 7.83. The van der Waals surface area contributed by atoms with Crippen LogP contribution < -0.4 is 10.5 Å². The minimum absolute atomic E-state index is 0.115. The summed E-state index contributed by atoms with van der Waals surface area (Å²) in [4.78, 5) is 11.9. The number of nitrogens with two attached hydrogens (primary N) is 1. The number of carbonyl (C=O) groups excluding carboxylic acids is 1. The number of rotatable bonds is 8. The molecule has 0 unspecified atom stereocenters. The number of esters is 1. The molecule has 8 nitrogen and oxygen atoms in total. The van der Waals surface area contributed by atoms with Crippen LogP contribution >= 0.6 is 0 Å². The van der Waals surface area contributed by atoms with Crippen LogP contribution in [-0.4, -0.2) is 43.4 Å². The number of amidine groups is 1. The molecule has 0 amide bonds. The van der Waals surface area contributed by atoms with Gasteiger partial charge in [0.1, 0.15) is 5.75 Å². The minimum Gasteiger partial charge on any atom is -0.497 e. The van der Waals surface area contributed by atoms with Gasteiger partial charge in [-0.3, -0.25) is 0 Å². The number of methoxy groups -OCH3 is 1. The first-order valence-electron chi connectivity index (χ1n) is 7.27. The summed E-state index contributed by atoms with van der Waals surface area (Å²) in [5, 5.41) is 17.3. The van der Waals surface area contributed by atoms with Crippen molar-refractivity contribution in [3.63, 3.8) is 0 Å². The second-order valence-corrected chi connectivity index (χ2v) is 4.34. The number of nitrogens with zero attached hydrogens (tertiary/aromatic N) is 2. The number of aliphatic hydroxyl groups excluding tert-OH is 1. The van der Waals surface area contributed by atoms with Crippen molar-refractivity contribution in [2.24, 2.45) is 15.9 Å². The molecule has 24 heavy (non-hydrogen) atoms. The van der Waals surface area contributed by atoms with E-state index in [9.17, 15) is 9.90 Å². The molecule has 0 saturated heterocycles. The SMILES string of the molecule is CCOC(=O)C(=C(/O)OCC)/C(N)=N\N=C\c1ccc(OC)cc1. The molecule has 0 fully saturated rings. The fraction of sp³-hybridized carbons (Fsp3) is 0.312. The van der Waals surface area contributed by atoms with Crippen molar-refractivity contribution in [3.8, 4) is 5.75 Å². The fourth-order valence-electron chi connectivity index (χ4n) is 1.61. The smallest absolute Gasteiger partial charge is 0.349 e. The highest BCUT2D eigenvalue weighted by atomic mass is 16.6. The molecular weight excluding hydrogens is 314 g/mol. The monoisotopic (exact) mass is 335 g/mol. The summed E-state index contributed by atoms with van der Waals surface area (Å²) in [6, 6.07) is 7.07. The van der Waals surface area contributed by atoms with E-state index in [-0.39, 0.29) is 24.6 Å². The van der Waals surface area contributed by atoms with E-state index in [2.05, 4.69) is 10.2 Å². The fourth-order valence-corrected chi connectivity index (χ4v) is 1.61. The van der Waals surface area contributed by atoms with Crippen LogP contribution in [0.25, 0.3) is 0 Å². The van der Waals surface area contributed by atoms with Gasteiger partial charge in [-0.25, -0.2) is 4.79 Å². The summed E-state index contributed by atoms with van der Waals surface area (Å²) in [5.74, 6) is -1.10. The van der Waals surface area contributed by atoms with Crippen LogP contribution in [0.3, 0.4) is 0 Å². The van der Waals surface area contributed by atoms with Gasteiger partial charge in [0.25, 0.3) is 5.95 Å². The summed E-state index contributed by atoms with van der Waals surface area (Å²) in [7, 11) is 1.57. The van der Waals surface area contributed by atoms with E-state index in [1.165, 1.54) is 6.21 Å². The maximum Gasteiger partial charge on any atom is 0.349 e. The van der Waals surface area contributed by atoms with Gasteiger partial charge in [-0.05, 0) is 43.7 Å². The second-order valence-electron chi connectivity index (χ2n) is 4.34. The molecule has 0 heterocycles. The predicted octanol–water partition coefficient (Wildman–Crippen LogP) is 1.76. The molecule has 1 aromatic rings. The van der Waals surface area contributed by atoms with Crippen molar-refractivity contribution in [1.29, 1.82) is 0 Å². The van der Waals surface area contributed by atoms with Crippen molar-refractivity contribution < 1.29 is 24.1 Å². The third-order valence-electron chi connectivity index (χ3n) is 2.72. The Morgan fingerprint density at radius 1 is 1.21 bits per heavy atom. The van der Waals surface area contributed by atoms with Crippen LogP contribution in [0.1, 0.15) is 19.4 Å². The van der Waals surface area contributed by atoms with E-state index in [0.29, 0.717) is 5.75 Å². The third kappa shape index (κ3) is 5.64. The van der Waals surface area contributed by atoms with Crippen molar-refractivity contribution in [1.82, 2.24) is 0 Å². The second kappa shape index (κ2) is 9.88. The Hall–Kier alpha value is -3.03. The first-order valence-corrected chi connectivity index (χ1v) is 7.27.